The molecule has 1 aromatic rings. The molecule has 0 spiro atoms. The lowest BCUT2D eigenvalue weighted by atomic mass is 10.2. The average Bonchev–Trinajstić information content (AvgIpc) is 2.51. The molecule has 0 fully saturated rings. The van der Waals surface area contributed by atoms with E-state index in [0.29, 0.717) is 26.1 Å². The normalized spacial score (nSPS) is 10.2. The van der Waals surface area contributed by atoms with Crippen LogP contribution < -0.4 is 15.8 Å². The third-order valence-electron chi connectivity index (χ3n) is 3.36. The number of likely N-dealkylation sites (N-methyl/N-ethyl adjacent to an activating group) is 1. The summed E-state index contributed by atoms with van der Waals surface area (Å²) in [6.07, 6.45) is 0.368. The minimum atomic E-state index is -0.0166. The van der Waals surface area contributed by atoms with Crippen LogP contribution >= 0.6 is 12.4 Å². The average molecular weight is 330 g/mol. The summed E-state index contributed by atoms with van der Waals surface area (Å²) in [5.41, 5.74) is 6.38. The fourth-order valence-electron chi connectivity index (χ4n) is 1.96. The summed E-state index contributed by atoms with van der Waals surface area (Å²) in [7, 11) is 0. The molecule has 3 N–H and O–H groups in total. The molecule has 0 aliphatic heterocycles. The highest BCUT2D eigenvalue weighted by Gasteiger charge is 2.01. The zero-order valence-electron chi connectivity index (χ0n) is 13.5. The predicted molar refractivity (Wildman–Crippen MR) is 92.5 cm³/mol. The molecule has 1 amide bonds. The quantitative estimate of drug-likeness (QED) is 0.687. The Morgan fingerprint density at radius 2 is 1.86 bits per heavy atom. The number of nitrogens with two attached hydrogens (primary N) is 1. The first-order valence-corrected chi connectivity index (χ1v) is 7.60. The number of hydrogen-bond acceptors (Lipinski definition) is 4. The molecule has 0 saturated carbocycles. The fourth-order valence-corrected chi connectivity index (χ4v) is 1.96. The van der Waals surface area contributed by atoms with Crippen molar-refractivity contribution in [1.29, 1.82) is 0 Å². The fraction of sp³-hybridized carbons (Fsp3) is 0.562. The van der Waals surface area contributed by atoms with Crippen molar-refractivity contribution in [3.8, 4) is 5.75 Å². The molecule has 0 aromatic heterocycles. The molecule has 0 radical (unpaired) electrons. The minimum absolute atomic E-state index is 0. The van der Waals surface area contributed by atoms with Crippen molar-refractivity contribution in [2.45, 2.75) is 26.8 Å². The molecule has 1 rings (SSSR count). The molecule has 126 valence electrons. The Morgan fingerprint density at radius 1 is 1.23 bits per heavy atom. The highest BCUT2D eigenvalue weighted by molar-refractivity contribution is 5.85. The van der Waals surface area contributed by atoms with Crippen LogP contribution in [0.25, 0.3) is 0 Å². The van der Waals surface area contributed by atoms with Crippen LogP contribution in [-0.4, -0.2) is 43.6 Å². The number of halogens is 1. The summed E-state index contributed by atoms with van der Waals surface area (Å²) in [4.78, 5) is 13.6. The lowest BCUT2D eigenvalue weighted by molar-refractivity contribution is -0.121. The third-order valence-corrected chi connectivity index (χ3v) is 3.36. The van der Waals surface area contributed by atoms with Gasteiger partial charge in [0.2, 0.25) is 5.91 Å². The summed E-state index contributed by atoms with van der Waals surface area (Å²) in [6, 6.07) is 7.81. The molecule has 0 atom stereocenters. The van der Waals surface area contributed by atoms with Crippen molar-refractivity contribution >= 4 is 18.3 Å². The van der Waals surface area contributed by atoms with E-state index in [1.54, 1.807) is 0 Å². The van der Waals surface area contributed by atoms with E-state index in [1.807, 2.05) is 24.3 Å². The second-order valence-electron chi connectivity index (χ2n) is 4.83. The van der Waals surface area contributed by atoms with Crippen molar-refractivity contribution in [3.63, 3.8) is 0 Å². The van der Waals surface area contributed by atoms with Crippen LogP contribution in [0.1, 0.15) is 25.8 Å². The largest absolute Gasteiger partial charge is 0.492 e. The number of carbonyl (C=O) groups excluding carboxylic acids is 1. The molecule has 0 unspecified atom stereocenters. The molecule has 5 nitrogen and oxygen atoms in total. The van der Waals surface area contributed by atoms with E-state index < -0.39 is 0 Å². The summed E-state index contributed by atoms with van der Waals surface area (Å²) in [6.45, 7) is 8.92. The summed E-state index contributed by atoms with van der Waals surface area (Å²) in [5, 5.41) is 2.83. The smallest absolute Gasteiger partial charge is 0.221 e. The Labute approximate surface area is 139 Å². The van der Waals surface area contributed by atoms with Gasteiger partial charge in [-0.1, -0.05) is 26.0 Å². The number of carbonyl (C=O) groups is 1. The van der Waals surface area contributed by atoms with Crippen molar-refractivity contribution in [2.75, 3.05) is 32.8 Å². The van der Waals surface area contributed by atoms with E-state index >= 15 is 0 Å². The Morgan fingerprint density at radius 3 is 2.41 bits per heavy atom. The van der Waals surface area contributed by atoms with Gasteiger partial charge in [0.25, 0.3) is 0 Å². The molecule has 22 heavy (non-hydrogen) atoms. The number of nitrogens with one attached hydrogen (secondary N) is 1. The Hall–Kier alpha value is -1.30. The van der Waals surface area contributed by atoms with Crippen LogP contribution in [0.3, 0.4) is 0 Å². The Bertz CT molecular complexity index is 408. The van der Waals surface area contributed by atoms with Crippen molar-refractivity contribution in [2.24, 2.45) is 5.73 Å². The number of ether oxygens (including phenoxy) is 1. The second kappa shape index (κ2) is 12.3. The highest BCUT2D eigenvalue weighted by atomic mass is 35.5. The van der Waals surface area contributed by atoms with Crippen LogP contribution in [0.4, 0.5) is 0 Å². The van der Waals surface area contributed by atoms with E-state index in [9.17, 15) is 4.79 Å². The zero-order valence-corrected chi connectivity index (χ0v) is 14.3. The van der Waals surface area contributed by atoms with Gasteiger partial charge in [0.1, 0.15) is 12.4 Å². The number of hydrogen-bond donors (Lipinski definition) is 2. The van der Waals surface area contributed by atoms with Gasteiger partial charge in [-0.25, -0.2) is 0 Å². The van der Waals surface area contributed by atoms with Gasteiger partial charge in [0.15, 0.2) is 0 Å². The maximum atomic E-state index is 11.3. The van der Waals surface area contributed by atoms with Crippen LogP contribution in [0, 0.1) is 0 Å². The minimum Gasteiger partial charge on any atom is -0.492 e. The zero-order chi connectivity index (χ0) is 15.5. The molecule has 0 heterocycles. The van der Waals surface area contributed by atoms with Crippen LogP contribution in [0.2, 0.25) is 0 Å². The van der Waals surface area contributed by atoms with E-state index in [-0.39, 0.29) is 18.3 Å². The van der Waals surface area contributed by atoms with Crippen LogP contribution in [-0.2, 0) is 11.3 Å². The van der Waals surface area contributed by atoms with Gasteiger partial charge in [-0.3, -0.25) is 4.79 Å². The lowest BCUT2D eigenvalue weighted by Crippen LogP contribution is -2.27. The third kappa shape index (κ3) is 8.22. The topological polar surface area (TPSA) is 67.6 Å². The second-order valence-corrected chi connectivity index (χ2v) is 4.83. The maximum absolute atomic E-state index is 11.3. The van der Waals surface area contributed by atoms with Gasteiger partial charge in [-0.15, -0.1) is 12.4 Å². The Balaban J connectivity index is 0.00000441. The summed E-state index contributed by atoms with van der Waals surface area (Å²) >= 11 is 0. The first-order valence-electron chi connectivity index (χ1n) is 7.60. The molecule has 0 aliphatic carbocycles. The molecule has 0 saturated heterocycles. The van der Waals surface area contributed by atoms with Gasteiger partial charge < -0.3 is 20.7 Å². The van der Waals surface area contributed by atoms with Crippen LogP contribution in [0.15, 0.2) is 24.3 Å². The van der Waals surface area contributed by atoms with E-state index in [2.05, 4.69) is 24.1 Å². The SMILES string of the molecule is CCN(CC)CCOc1ccc(CNC(=O)CCN)cc1.Cl. The summed E-state index contributed by atoms with van der Waals surface area (Å²) < 4.78 is 5.71. The standard InChI is InChI=1S/C16H27N3O2.ClH/c1-3-19(4-2)11-12-21-15-7-5-14(6-8-15)13-18-16(20)9-10-17;/h5-8H,3-4,9-13,17H2,1-2H3,(H,18,20);1H. The van der Waals surface area contributed by atoms with Gasteiger partial charge in [-0.05, 0) is 30.8 Å². The van der Waals surface area contributed by atoms with E-state index in [4.69, 9.17) is 10.5 Å². The van der Waals surface area contributed by atoms with Crippen molar-refractivity contribution < 1.29 is 9.53 Å². The van der Waals surface area contributed by atoms with Gasteiger partial charge in [0, 0.05) is 26.1 Å². The van der Waals surface area contributed by atoms with Crippen molar-refractivity contribution in [3.05, 3.63) is 29.8 Å². The predicted octanol–water partition coefficient (Wildman–Crippen LogP) is 1.79. The number of rotatable bonds is 10. The van der Waals surface area contributed by atoms with Crippen LogP contribution in [0.5, 0.6) is 5.75 Å². The highest BCUT2D eigenvalue weighted by Crippen LogP contribution is 2.12. The molecular weight excluding hydrogens is 302 g/mol. The number of amides is 1. The summed E-state index contributed by atoms with van der Waals surface area (Å²) in [5.74, 6) is 0.844. The lowest BCUT2D eigenvalue weighted by Gasteiger charge is -2.18. The van der Waals surface area contributed by atoms with Crippen molar-refractivity contribution in [1.82, 2.24) is 10.2 Å². The maximum Gasteiger partial charge on any atom is 0.221 e. The van der Waals surface area contributed by atoms with E-state index in [1.165, 1.54) is 0 Å². The van der Waals surface area contributed by atoms with Gasteiger partial charge in [-0.2, -0.15) is 0 Å². The molecule has 6 heteroatoms. The molecule has 0 bridgehead atoms. The molecule has 0 aliphatic rings. The van der Waals surface area contributed by atoms with E-state index in [0.717, 1.165) is 30.9 Å². The number of nitrogens with zero attached hydrogens (tertiary/aromatic N) is 1. The monoisotopic (exact) mass is 329 g/mol. The first kappa shape index (κ1) is 20.7. The Kier molecular flexibility index (Phi) is 11.5. The van der Waals surface area contributed by atoms with Gasteiger partial charge >= 0.3 is 0 Å². The number of benzene rings is 1. The molecular formula is C16H28ClN3O2. The molecule has 1 aromatic carbocycles. The first-order chi connectivity index (χ1) is 10.2. The van der Waals surface area contributed by atoms with Gasteiger partial charge in [0.05, 0.1) is 0 Å².